The maximum absolute atomic E-state index is 5.30. The van der Waals surface area contributed by atoms with Crippen molar-refractivity contribution in [1.29, 1.82) is 0 Å². The van der Waals surface area contributed by atoms with Crippen LogP contribution >= 0.6 is 0 Å². The molecule has 6 heteroatoms. The summed E-state index contributed by atoms with van der Waals surface area (Å²) >= 11 is 0. The summed E-state index contributed by atoms with van der Waals surface area (Å²) in [4.78, 5) is 18.3. The molecule has 0 fully saturated rings. The Morgan fingerprint density at radius 3 is 2.60 bits per heavy atom. The molecule has 3 heterocycles. The third kappa shape index (κ3) is 1.95. The molecule has 0 saturated carbocycles. The van der Waals surface area contributed by atoms with Gasteiger partial charge in [-0.15, -0.1) is 0 Å². The molecular formula is C14H15N5O. The van der Waals surface area contributed by atoms with Gasteiger partial charge in [0, 0.05) is 25.7 Å². The van der Waals surface area contributed by atoms with Crippen LogP contribution in [0.4, 0.5) is 5.82 Å². The van der Waals surface area contributed by atoms with Crippen molar-refractivity contribution in [3.8, 4) is 17.1 Å². The molecule has 0 saturated heterocycles. The summed E-state index contributed by atoms with van der Waals surface area (Å²) < 4.78 is 5.30. The van der Waals surface area contributed by atoms with Crippen molar-refractivity contribution in [3.63, 3.8) is 0 Å². The van der Waals surface area contributed by atoms with E-state index < -0.39 is 0 Å². The molecule has 0 aliphatic heterocycles. The fourth-order valence-electron chi connectivity index (χ4n) is 2.06. The highest BCUT2D eigenvalue weighted by Crippen LogP contribution is 2.30. The standard InChI is InChI=1S/C14H15N5O/c1-19(2)12-8-16-10(6-17-12)14-13-9(4-5-15-13)11(20-3)7-18-14/h4-8,15H,1-3H3. The van der Waals surface area contributed by atoms with Gasteiger partial charge in [-0.3, -0.25) is 0 Å². The molecule has 0 aromatic carbocycles. The van der Waals surface area contributed by atoms with Gasteiger partial charge in [-0.2, -0.15) is 0 Å². The molecule has 20 heavy (non-hydrogen) atoms. The first-order chi connectivity index (χ1) is 9.70. The van der Waals surface area contributed by atoms with E-state index in [2.05, 4.69) is 19.9 Å². The lowest BCUT2D eigenvalue weighted by Gasteiger charge is -2.11. The van der Waals surface area contributed by atoms with E-state index in [0.29, 0.717) is 0 Å². The van der Waals surface area contributed by atoms with Crippen molar-refractivity contribution in [3.05, 3.63) is 30.9 Å². The minimum Gasteiger partial charge on any atom is -0.494 e. The highest BCUT2D eigenvalue weighted by atomic mass is 16.5. The van der Waals surface area contributed by atoms with Gasteiger partial charge in [-0.25, -0.2) is 15.0 Å². The highest BCUT2D eigenvalue weighted by molar-refractivity contribution is 5.94. The maximum atomic E-state index is 5.30. The monoisotopic (exact) mass is 269 g/mol. The largest absolute Gasteiger partial charge is 0.494 e. The Morgan fingerprint density at radius 2 is 1.95 bits per heavy atom. The van der Waals surface area contributed by atoms with Crippen molar-refractivity contribution < 1.29 is 4.74 Å². The Hall–Kier alpha value is -2.63. The van der Waals surface area contributed by atoms with Crippen LogP contribution in [0.15, 0.2) is 30.9 Å². The molecule has 1 N–H and O–H groups in total. The topological polar surface area (TPSA) is 66.9 Å². The lowest BCUT2D eigenvalue weighted by atomic mass is 10.2. The number of methoxy groups -OCH3 is 1. The first kappa shape index (κ1) is 12.4. The predicted molar refractivity (Wildman–Crippen MR) is 78.0 cm³/mol. The number of pyridine rings is 1. The van der Waals surface area contributed by atoms with E-state index >= 15 is 0 Å². The van der Waals surface area contributed by atoms with Crippen LogP contribution in [0.2, 0.25) is 0 Å². The number of ether oxygens (including phenoxy) is 1. The van der Waals surface area contributed by atoms with Crippen LogP contribution in [0.5, 0.6) is 5.75 Å². The number of fused-ring (bicyclic) bond motifs is 1. The highest BCUT2D eigenvalue weighted by Gasteiger charge is 2.12. The average molecular weight is 269 g/mol. The number of rotatable bonds is 3. The SMILES string of the molecule is COc1cnc(-c2cnc(N(C)C)cn2)c2[nH]ccc12. The van der Waals surface area contributed by atoms with Gasteiger partial charge in [0.15, 0.2) is 0 Å². The zero-order chi connectivity index (χ0) is 14.1. The fraction of sp³-hybridized carbons (Fsp3) is 0.214. The fourth-order valence-corrected chi connectivity index (χ4v) is 2.06. The van der Waals surface area contributed by atoms with Crippen molar-refractivity contribution in [1.82, 2.24) is 19.9 Å². The molecule has 3 aromatic rings. The normalized spacial score (nSPS) is 10.8. The lowest BCUT2D eigenvalue weighted by Crippen LogP contribution is -2.10. The van der Waals surface area contributed by atoms with Gasteiger partial charge < -0.3 is 14.6 Å². The van der Waals surface area contributed by atoms with Crippen molar-refractivity contribution in [2.75, 3.05) is 26.1 Å². The number of H-pyrrole nitrogens is 1. The van der Waals surface area contributed by atoms with Crippen molar-refractivity contribution in [2.24, 2.45) is 0 Å². The van der Waals surface area contributed by atoms with Crippen LogP contribution in [-0.4, -0.2) is 41.1 Å². The molecule has 0 amide bonds. The molecule has 0 unspecified atom stereocenters. The van der Waals surface area contributed by atoms with E-state index in [4.69, 9.17) is 4.74 Å². The maximum Gasteiger partial charge on any atom is 0.146 e. The predicted octanol–water partition coefficient (Wildman–Crippen LogP) is 2.09. The second kappa shape index (κ2) is 4.80. The Balaban J connectivity index is 2.12. The van der Waals surface area contributed by atoms with Crippen molar-refractivity contribution in [2.45, 2.75) is 0 Å². The van der Waals surface area contributed by atoms with Gasteiger partial charge in [0.1, 0.15) is 23.0 Å². The molecule has 3 aromatic heterocycles. The van der Waals surface area contributed by atoms with Gasteiger partial charge >= 0.3 is 0 Å². The Kier molecular flexibility index (Phi) is 2.98. The number of hydrogen-bond donors (Lipinski definition) is 1. The van der Waals surface area contributed by atoms with Crippen LogP contribution in [0.25, 0.3) is 22.3 Å². The second-order valence-electron chi connectivity index (χ2n) is 4.60. The summed E-state index contributed by atoms with van der Waals surface area (Å²) in [5.41, 5.74) is 2.39. The van der Waals surface area contributed by atoms with Gasteiger partial charge in [0.2, 0.25) is 0 Å². The molecule has 0 aliphatic rings. The number of nitrogens with zero attached hydrogens (tertiary/aromatic N) is 4. The summed E-state index contributed by atoms with van der Waals surface area (Å²) in [6, 6.07) is 1.96. The number of nitrogens with one attached hydrogen (secondary N) is 1. The second-order valence-corrected chi connectivity index (χ2v) is 4.60. The summed E-state index contributed by atoms with van der Waals surface area (Å²) in [5.74, 6) is 1.55. The van der Waals surface area contributed by atoms with Crippen molar-refractivity contribution >= 4 is 16.7 Å². The Morgan fingerprint density at radius 1 is 1.10 bits per heavy atom. The lowest BCUT2D eigenvalue weighted by molar-refractivity contribution is 0.418. The van der Waals surface area contributed by atoms with E-state index in [-0.39, 0.29) is 0 Å². The minimum atomic E-state index is 0.728. The van der Waals surface area contributed by atoms with E-state index in [9.17, 15) is 0 Å². The molecule has 6 nitrogen and oxygen atoms in total. The van der Waals surface area contributed by atoms with E-state index in [1.165, 1.54) is 0 Å². The van der Waals surface area contributed by atoms with Crippen LogP contribution in [0, 0.1) is 0 Å². The quantitative estimate of drug-likeness (QED) is 0.788. The van der Waals surface area contributed by atoms with E-state index in [1.54, 1.807) is 25.7 Å². The number of anilines is 1. The van der Waals surface area contributed by atoms with Gasteiger partial charge in [-0.05, 0) is 6.07 Å². The van der Waals surface area contributed by atoms with Crippen LogP contribution in [0.1, 0.15) is 0 Å². The molecule has 0 atom stereocenters. The zero-order valence-electron chi connectivity index (χ0n) is 11.6. The third-order valence-corrected chi connectivity index (χ3v) is 3.12. The third-order valence-electron chi connectivity index (χ3n) is 3.12. The Labute approximate surface area is 116 Å². The van der Waals surface area contributed by atoms with Gasteiger partial charge in [-0.1, -0.05) is 0 Å². The van der Waals surface area contributed by atoms with E-state index in [1.807, 2.05) is 31.3 Å². The summed E-state index contributed by atoms with van der Waals surface area (Å²) in [6.45, 7) is 0. The summed E-state index contributed by atoms with van der Waals surface area (Å²) in [5, 5.41) is 0.982. The Bertz CT molecular complexity index is 733. The minimum absolute atomic E-state index is 0.728. The number of aromatic nitrogens is 4. The molecule has 0 bridgehead atoms. The summed E-state index contributed by atoms with van der Waals surface area (Å²) in [7, 11) is 5.49. The van der Waals surface area contributed by atoms with Crippen LogP contribution in [-0.2, 0) is 0 Å². The number of hydrogen-bond acceptors (Lipinski definition) is 5. The van der Waals surface area contributed by atoms with Crippen LogP contribution < -0.4 is 9.64 Å². The smallest absolute Gasteiger partial charge is 0.146 e. The zero-order valence-corrected chi connectivity index (χ0v) is 11.6. The number of aromatic amines is 1. The van der Waals surface area contributed by atoms with E-state index in [0.717, 1.165) is 33.9 Å². The van der Waals surface area contributed by atoms with Crippen LogP contribution in [0.3, 0.4) is 0 Å². The molecule has 0 radical (unpaired) electrons. The van der Waals surface area contributed by atoms with Gasteiger partial charge in [0.25, 0.3) is 0 Å². The first-order valence-corrected chi connectivity index (χ1v) is 6.20. The molecule has 102 valence electrons. The average Bonchev–Trinajstić information content (AvgIpc) is 2.95. The molecular weight excluding hydrogens is 254 g/mol. The first-order valence-electron chi connectivity index (χ1n) is 6.20. The summed E-state index contributed by atoms with van der Waals surface area (Å²) in [6.07, 6.45) is 7.02. The molecule has 0 spiro atoms. The molecule has 0 aliphatic carbocycles. The molecule has 3 rings (SSSR count). The van der Waals surface area contributed by atoms with Gasteiger partial charge in [0.05, 0.1) is 31.2 Å².